The topological polar surface area (TPSA) is 127 Å². The molecular formula is C19H25N3O5S2. The molecule has 0 fully saturated rings. The molecular weight excluding hydrogens is 414 g/mol. The number of amides is 1. The van der Waals surface area contributed by atoms with Crippen LogP contribution in [0.4, 0.5) is 0 Å². The largest absolute Gasteiger partial charge is 0.348 e. The van der Waals surface area contributed by atoms with Gasteiger partial charge in [0.15, 0.2) is 0 Å². The highest BCUT2D eigenvalue weighted by atomic mass is 32.2. The number of primary sulfonamides is 1. The zero-order chi connectivity index (χ0) is 21.8. The van der Waals surface area contributed by atoms with E-state index in [-0.39, 0.29) is 21.9 Å². The fourth-order valence-electron chi connectivity index (χ4n) is 2.80. The van der Waals surface area contributed by atoms with Gasteiger partial charge in [-0.25, -0.2) is 22.0 Å². The number of nitrogens with one attached hydrogen (secondary N) is 1. The molecule has 10 heteroatoms. The molecule has 0 saturated carbocycles. The van der Waals surface area contributed by atoms with Crippen molar-refractivity contribution in [3.8, 4) is 0 Å². The summed E-state index contributed by atoms with van der Waals surface area (Å²) in [6, 6.07) is 10.4. The maximum Gasteiger partial charge on any atom is 0.251 e. The van der Waals surface area contributed by atoms with Crippen molar-refractivity contribution >= 4 is 26.0 Å². The van der Waals surface area contributed by atoms with Gasteiger partial charge in [-0.05, 0) is 42.3 Å². The predicted molar refractivity (Wildman–Crippen MR) is 110 cm³/mol. The van der Waals surface area contributed by atoms with Gasteiger partial charge in [-0.15, -0.1) is 0 Å². The van der Waals surface area contributed by atoms with Gasteiger partial charge in [0.05, 0.1) is 9.79 Å². The molecule has 0 atom stereocenters. The van der Waals surface area contributed by atoms with E-state index in [2.05, 4.69) is 5.32 Å². The number of hydrogen-bond acceptors (Lipinski definition) is 5. The van der Waals surface area contributed by atoms with E-state index in [4.69, 9.17) is 5.14 Å². The van der Waals surface area contributed by atoms with E-state index in [9.17, 15) is 21.6 Å². The summed E-state index contributed by atoms with van der Waals surface area (Å²) < 4.78 is 49.5. The Labute approximate surface area is 171 Å². The molecule has 0 saturated heterocycles. The van der Waals surface area contributed by atoms with Gasteiger partial charge in [0.1, 0.15) is 0 Å². The van der Waals surface area contributed by atoms with E-state index in [1.54, 1.807) is 45.0 Å². The summed E-state index contributed by atoms with van der Waals surface area (Å²) in [7, 11) is -7.47. The third-order valence-corrected chi connectivity index (χ3v) is 7.60. The summed E-state index contributed by atoms with van der Waals surface area (Å²) in [6.45, 7) is 6.02. The lowest BCUT2D eigenvalue weighted by molar-refractivity contribution is 0.0950. The predicted octanol–water partition coefficient (Wildman–Crippen LogP) is 1.60. The number of rotatable bonds is 8. The van der Waals surface area contributed by atoms with Gasteiger partial charge in [-0.2, -0.15) is 4.31 Å². The molecule has 0 unspecified atom stereocenters. The Morgan fingerprint density at radius 1 is 1.00 bits per heavy atom. The molecule has 0 aliphatic heterocycles. The Morgan fingerprint density at radius 3 is 2.10 bits per heavy atom. The molecule has 0 aliphatic rings. The second-order valence-corrected chi connectivity index (χ2v) is 9.91. The molecule has 0 spiro atoms. The van der Waals surface area contributed by atoms with Crippen molar-refractivity contribution in [2.75, 3.05) is 13.1 Å². The number of aryl methyl sites for hydroxylation is 1. The van der Waals surface area contributed by atoms with Gasteiger partial charge in [0.2, 0.25) is 20.0 Å². The smallest absolute Gasteiger partial charge is 0.251 e. The molecule has 0 bridgehead atoms. The Bertz CT molecular complexity index is 1090. The van der Waals surface area contributed by atoms with Crippen LogP contribution in [0.5, 0.6) is 0 Å². The van der Waals surface area contributed by atoms with E-state index >= 15 is 0 Å². The molecule has 8 nitrogen and oxygen atoms in total. The van der Waals surface area contributed by atoms with Crippen molar-refractivity contribution in [3.05, 3.63) is 59.2 Å². The number of nitrogens with zero attached hydrogens (tertiary/aromatic N) is 1. The minimum Gasteiger partial charge on any atom is -0.348 e. The van der Waals surface area contributed by atoms with Gasteiger partial charge < -0.3 is 5.32 Å². The maximum absolute atomic E-state index is 12.8. The number of carbonyl (C=O) groups excluding carboxylic acids is 1. The molecule has 0 radical (unpaired) electrons. The second-order valence-electron chi connectivity index (χ2n) is 6.44. The Balaban J connectivity index is 2.20. The van der Waals surface area contributed by atoms with E-state index in [0.29, 0.717) is 24.2 Å². The van der Waals surface area contributed by atoms with Crippen LogP contribution < -0.4 is 10.5 Å². The molecule has 158 valence electrons. The Kier molecular flexibility index (Phi) is 7.17. The average molecular weight is 440 g/mol. The molecule has 3 N–H and O–H groups in total. The first kappa shape index (κ1) is 23.0. The summed E-state index contributed by atoms with van der Waals surface area (Å²) >= 11 is 0. The third kappa shape index (κ3) is 5.41. The molecule has 1 amide bonds. The molecule has 29 heavy (non-hydrogen) atoms. The van der Waals surface area contributed by atoms with E-state index in [1.807, 2.05) is 0 Å². The average Bonchev–Trinajstić information content (AvgIpc) is 2.66. The Morgan fingerprint density at radius 2 is 1.59 bits per heavy atom. The number of hydrogen-bond donors (Lipinski definition) is 2. The summed E-state index contributed by atoms with van der Waals surface area (Å²) in [5, 5.41) is 7.76. The summed E-state index contributed by atoms with van der Waals surface area (Å²) in [5.41, 5.74) is 1.46. The molecule has 0 heterocycles. The standard InChI is InChI=1S/C19H25N3O5S2/c1-4-22(5-2)29(26,27)18-12-16(9-6-14(18)3)19(23)21-13-15-7-10-17(11-8-15)28(20,24)25/h6-12H,4-5,13H2,1-3H3,(H,21,23)(H2,20,24,25). The number of benzene rings is 2. The van der Waals surface area contributed by atoms with Crippen molar-refractivity contribution in [1.82, 2.24) is 9.62 Å². The monoisotopic (exact) mass is 439 g/mol. The fourth-order valence-corrected chi connectivity index (χ4v) is 5.03. The normalized spacial score (nSPS) is 12.2. The van der Waals surface area contributed by atoms with Crippen LogP contribution in [0, 0.1) is 6.92 Å². The van der Waals surface area contributed by atoms with Gasteiger partial charge in [-0.1, -0.05) is 32.0 Å². The van der Waals surface area contributed by atoms with Gasteiger partial charge in [-0.3, -0.25) is 4.79 Å². The van der Waals surface area contributed by atoms with Crippen molar-refractivity contribution in [1.29, 1.82) is 0 Å². The fraction of sp³-hybridized carbons (Fsp3) is 0.316. The van der Waals surface area contributed by atoms with Crippen LogP contribution in [0.25, 0.3) is 0 Å². The first-order valence-corrected chi connectivity index (χ1v) is 12.0. The first-order valence-electron chi connectivity index (χ1n) is 9.01. The number of carbonyl (C=O) groups is 1. The zero-order valence-corrected chi connectivity index (χ0v) is 18.2. The molecule has 0 aromatic heterocycles. The van der Waals surface area contributed by atoms with Crippen molar-refractivity contribution < 1.29 is 21.6 Å². The molecule has 2 rings (SSSR count). The minimum absolute atomic E-state index is 0.0163. The molecule has 2 aromatic rings. The first-order chi connectivity index (χ1) is 13.5. The van der Waals surface area contributed by atoms with Crippen LogP contribution >= 0.6 is 0 Å². The number of nitrogens with two attached hydrogens (primary N) is 1. The van der Waals surface area contributed by atoms with Crippen molar-refractivity contribution in [3.63, 3.8) is 0 Å². The van der Waals surface area contributed by atoms with Gasteiger partial charge in [0.25, 0.3) is 5.91 Å². The Hall–Kier alpha value is -2.27. The summed E-state index contributed by atoms with van der Waals surface area (Å²) in [5.74, 6) is -0.434. The number of sulfonamides is 2. The second kappa shape index (κ2) is 9.04. The lowest BCUT2D eigenvalue weighted by Crippen LogP contribution is -2.31. The van der Waals surface area contributed by atoms with Gasteiger partial charge >= 0.3 is 0 Å². The van der Waals surface area contributed by atoms with Crippen molar-refractivity contribution in [2.45, 2.75) is 37.1 Å². The van der Waals surface area contributed by atoms with Crippen LogP contribution in [0.1, 0.15) is 35.3 Å². The van der Waals surface area contributed by atoms with Crippen LogP contribution in [-0.4, -0.2) is 40.1 Å². The van der Waals surface area contributed by atoms with E-state index < -0.39 is 26.0 Å². The van der Waals surface area contributed by atoms with Crippen LogP contribution in [0.3, 0.4) is 0 Å². The SMILES string of the molecule is CCN(CC)S(=O)(=O)c1cc(C(=O)NCc2ccc(S(N)(=O)=O)cc2)ccc1C. The maximum atomic E-state index is 12.8. The van der Waals surface area contributed by atoms with Crippen LogP contribution in [-0.2, 0) is 26.6 Å². The molecule has 0 aliphatic carbocycles. The summed E-state index contributed by atoms with van der Waals surface area (Å²) in [4.78, 5) is 12.6. The summed E-state index contributed by atoms with van der Waals surface area (Å²) in [6.07, 6.45) is 0. The van der Waals surface area contributed by atoms with E-state index in [1.165, 1.54) is 22.5 Å². The lowest BCUT2D eigenvalue weighted by atomic mass is 10.1. The molecule has 2 aromatic carbocycles. The third-order valence-electron chi connectivity index (χ3n) is 4.48. The van der Waals surface area contributed by atoms with Crippen molar-refractivity contribution in [2.24, 2.45) is 5.14 Å². The highest BCUT2D eigenvalue weighted by molar-refractivity contribution is 7.89. The zero-order valence-electron chi connectivity index (χ0n) is 16.5. The lowest BCUT2D eigenvalue weighted by Gasteiger charge is -2.20. The highest BCUT2D eigenvalue weighted by Gasteiger charge is 2.24. The minimum atomic E-state index is -3.78. The van der Waals surface area contributed by atoms with Crippen LogP contribution in [0.15, 0.2) is 52.3 Å². The van der Waals surface area contributed by atoms with Crippen LogP contribution in [0.2, 0.25) is 0 Å². The van der Waals surface area contributed by atoms with Gasteiger partial charge in [0, 0.05) is 25.2 Å². The van der Waals surface area contributed by atoms with E-state index in [0.717, 1.165) is 0 Å². The quantitative estimate of drug-likeness (QED) is 0.646. The highest BCUT2D eigenvalue weighted by Crippen LogP contribution is 2.21.